The lowest BCUT2D eigenvalue weighted by Crippen LogP contribution is -1.97. The number of aryl methyl sites for hydroxylation is 2. The number of nitrogens with zero attached hydrogens (tertiary/aromatic N) is 1. The summed E-state index contributed by atoms with van der Waals surface area (Å²) in [7, 11) is 1.66. The van der Waals surface area contributed by atoms with Crippen molar-refractivity contribution in [2.24, 2.45) is 0 Å². The van der Waals surface area contributed by atoms with Gasteiger partial charge in [-0.15, -0.1) is 11.3 Å². The van der Waals surface area contributed by atoms with Gasteiger partial charge in [0, 0.05) is 0 Å². The first-order valence-electron chi connectivity index (χ1n) is 9.53. The first-order chi connectivity index (χ1) is 14.1. The van der Waals surface area contributed by atoms with Gasteiger partial charge in [-0.1, -0.05) is 42.5 Å². The van der Waals surface area contributed by atoms with E-state index in [0.29, 0.717) is 6.61 Å². The van der Waals surface area contributed by atoms with Crippen molar-refractivity contribution in [3.63, 3.8) is 0 Å². The van der Waals surface area contributed by atoms with Crippen molar-refractivity contribution in [3.05, 3.63) is 87.9 Å². The molecule has 0 amide bonds. The van der Waals surface area contributed by atoms with E-state index in [-0.39, 0.29) is 0 Å². The van der Waals surface area contributed by atoms with Crippen LogP contribution in [0.15, 0.2) is 60.7 Å². The summed E-state index contributed by atoms with van der Waals surface area (Å²) in [6, 6.07) is 20.4. The third-order valence-electron chi connectivity index (χ3n) is 4.86. The molecule has 0 atom stereocenters. The summed E-state index contributed by atoms with van der Waals surface area (Å²) >= 11 is 1.70. The van der Waals surface area contributed by atoms with Crippen molar-refractivity contribution < 1.29 is 9.47 Å². The van der Waals surface area contributed by atoms with Crippen molar-refractivity contribution in [2.75, 3.05) is 7.11 Å². The fraction of sp³-hybridized carbons (Fsp3) is 0.160. The Morgan fingerprint density at radius 1 is 0.897 bits per heavy atom. The Balaban J connectivity index is 1.51. The molecule has 0 radical (unpaired) electrons. The highest BCUT2D eigenvalue weighted by Gasteiger charge is 2.07. The van der Waals surface area contributed by atoms with E-state index in [1.54, 1.807) is 18.4 Å². The first kappa shape index (κ1) is 19.2. The van der Waals surface area contributed by atoms with Gasteiger partial charge in [0.15, 0.2) is 11.5 Å². The zero-order valence-electron chi connectivity index (χ0n) is 16.8. The topological polar surface area (TPSA) is 31.4 Å². The molecule has 29 heavy (non-hydrogen) atoms. The summed E-state index contributed by atoms with van der Waals surface area (Å²) in [5, 5.41) is 0.994. The lowest BCUT2D eigenvalue weighted by Gasteiger charge is -2.11. The Labute approximate surface area is 175 Å². The molecule has 0 aliphatic heterocycles. The van der Waals surface area contributed by atoms with Crippen molar-refractivity contribution in [1.29, 1.82) is 0 Å². The van der Waals surface area contributed by atoms with Crippen LogP contribution >= 0.6 is 11.3 Å². The number of benzene rings is 3. The molecule has 0 aliphatic carbocycles. The maximum absolute atomic E-state index is 5.93. The molecule has 0 saturated carbocycles. The minimum atomic E-state index is 0.511. The number of hydrogen-bond acceptors (Lipinski definition) is 4. The smallest absolute Gasteiger partial charge is 0.161 e. The molecule has 0 N–H and O–H groups in total. The van der Waals surface area contributed by atoms with E-state index in [9.17, 15) is 0 Å². The van der Waals surface area contributed by atoms with Crippen molar-refractivity contribution >= 4 is 33.7 Å². The van der Waals surface area contributed by atoms with Crippen molar-refractivity contribution in [3.8, 4) is 11.5 Å². The Morgan fingerprint density at radius 3 is 2.48 bits per heavy atom. The zero-order chi connectivity index (χ0) is 20.2. The molecule has 1 heterocycles. The van der Waals surface area contributed by atoms with E-state index in [4.69, 9.17) is 14.5 Å². The Bertz CT molecular complexity index is 1120. The van der Waals surface area contributed by atoms with Crippen LogP contribution in [0.5, 0.6) is 11.5 Å². The molecule has 0 unspecified atom stereocenters. The van der Waals surface area contributed by atoms with E-state index < -0.39 is 0 Å². The monoisotopic (exact) mass is 401 g/mol. The molecule has 0 aliphatic rings. The molecule has 4 heteroatoms. The lowest BCUT2D eigenvalue weighted by atomic mass is 10.1. The highest BCUT2D eigenvalue weighted by molar-refractivity contribution is 7.19. The molecule has 146 valence electrons. The van der Waals surface area contributed by atoms with Gasteiger partial charge in [-0.05, 0) is 66.4 Å². The Morgan fingerprint density at radius 2 is 1.69 bits per heavy atom. The average Bonchev–Trinajstić information content (AvgIpc) is 3.13. The molecular formula is C25H23NO2S. The van der Waals surface area contributed by atoms with Gasteiger partial charge in [-0.25, -0.2) is 4.98 Å². The van der Waals surface area contributed by atoms with Gasteiger partial charge in [0.25, 0.3) is 0 Å². The number of methoxy groups -OCH3 is 1. The third-order valence-corrected chi connectivity index (χ3v) is 5.85. The minimum Gasteiger partial charge on any atom is -0.493 e. The van der Waals surface area contributed by atoms with Crippen LogP contribution in [0.2, 0.25) is 0 Å². The Hall–Kier alpha value is -3.11. The van der Waals surface area contributed by atoms with Gasteiger partial charge in [0.1, 0.15) is 11.6 Å². The molecule has 0 saturated heterocycles. The number of ether oxygens (including phenoxy) is 2. The predicted octanol–water partition coefficient (Wildman–Crippen LogP) is 6.67. The summed E-state index contributed by atoms with van der Waals surface area (Å²) in [5.41, 5.74) is 5.79. The third kappa shape index (κ3) is 4.49. The molecule has 3 aromatic carbocycles. The molecule has 4 aromatic rings. The Kier molecular flexibility index (Phi) is 5.63. The van der Waals surface area contributed by atoms with Gasteiger partial charge in [-0.3, -0.25) is 0 Å². The second kappa shape index (κ2) is 8.50. The van der Waals surface area contributed by atoms with Gasteiger partial charge in [0.2, 0.25) is 0 Å². The van der Waals surface area contributed by atoms with E-state index >= 15 is 0 Å². The van der Waals surface area contributed by atoms with Crippen LogP contribution in [0.25, 0.3) is 22.4 Å². The number of rotatable bonds is 6. The lowest BCUT2D eigenvalue weighted by molar-refractivity contribution is 0.284. The molecule has 1 aromatic heterocycles. The second-order valence-electron chi connectivity index (χ2n) is 6.97. The minimum absolute atomic E-state index is 0.511. The van der Waals surface area contributed by atoms with Crippen LogP contribution in [0.3, 0.4) is 0 Å². The molecule has 0 spiro atoms. The van der Waals surface area contributed by atoms with Crippen LogP contribution in [-0.4, -0.2) is 12.1 Å². The zero-order valence-corrected chi connectivity index (χ0v) is 17.6. The molecular weight excluding hydrogens is 378 g/mol. The van der Waals surface area contributed by atoms with Gasteiger partial charge in [0.05, 0.1) is 17.3 Å². The van der Waals surface area contributed by atoms with Gasteiger partial charge < -0.3 is 9.47 Å². The van der Waals surface area contributed by atoms with Crippen LogP contribution in [0.1, 0.15) is 27.3 Å². The maximum Gasteiger partial charge on any atom is 0.161 e. The second-order valence-corrected chi connectivity index (χ2v) is 8.04. The number of thiazole rings is 1. The molecule has 4 rings (SSSR count). The van der Waals surface area contributed by atoms with E-state index in [2.05, 4.69) is 38.1 Å². The number of aromatic nitrogens is 1. The summed E-state index contributed by atoms with van der Waals surface area (Å²) in [6.45, 7) is 4.77. The van der Waals surface area contributed by atoms with Crippen LogP contribution in [0, 0.1) is 13.8 Å². The number of fused-ring (bicyclic) bond motifs is 1. The quantitative estimate of drug-likeness (QED) is 0.361. The van der Waals surface area contributed by atoms with Crippen molar-refractivity contribution in [2.45, 2.75) is 20.5 Å². The van der Waals surface area contributed by atoms with Crippen molar-refractivity contribution in [1.82, 2.24) is 4.98 Å². The SMILES string of the molecule is COc1cc(/C=C/c2nc3cc(C)c(C)cc3s2)ccc1OCc1ccccc1. The van der Waals surface area contributed by atoms with Crippen LogP contribution < -0.4 is 9.47 Å². The number of hydrogen-bond donors (Lipinski definition) is 0. The fourth-order valence-electron chi connectivity index (χ4n) is 3.08. The molecule has 0 fully saturated rings. The van der Waals surface area contributed by atoms with E-state index in [0.717, 1.165) is 33.2 Å². The highest BCUT2D eigenvalue weighted by Crippen LogP contribution is 2.30. The van der Waals surface area contributed by atoms with Gasteiger partial charge >= 0.3 is 0 Å². The molecule has 0 bridgehead atoms. The summed E-state index contributed by atoms with van der Waals surface area (Å²) in [5.74, 6) is 1.46. The molecule has 3 nitrogen and oxygen atoms in total. The average molecular weight is 402 g/mol. The predicted molar refractivity (Wildman–Crippen MR) is 122 cm³/mol. The van der Waals surface area contributed by atoms with Gasteiger partial charge in [-0.2, -0.15) is 0 Å². The first-order valence-corrected chi connectivity index (χ1v) is 10.3. The van der Waals surface area contributed by atoms with Crippen LogP contribution in [0.4, 0.5) is 0 Å². The largest absolute Gasteiger partial charge is 0.493 e. The summed E-state index contributed by atoms with van der Waals surface area (Å²) in [6.07, 6.45) is 4.11. The maximum atomic E-state index is 5.93. The standard InChI is InChI=1S/C25H23NO2S/c1-17-13-21-24(14-18(17)2)29-25(26-21)12-10-19-9-11-22(23(15-19)27-3)28-16-20-7-5-4-6-8-20/h4-15H,16H2,1-3H3/b12-10+. The highest BCUT2D eigenvalue weighted by atomic mass is 32.1. The fourth-order valence-corrected chi connectivity index (χ4v) is 4.03. The van der Waals surface area contributed by atoms with E-state index in [1.807, 2.05) is 48.5 Å². The van der Waals surface area contributed by atoms with Crippen LogP contribution in [-0.2, 0) is 6.61 Å². The van der Waals surface area contributed by atoms with E-state index in [1.165, 1.54) is 15.8 Å². The normalized spacial score (nSPS) is 11.3. The summed E-state index contributed by atoms with van der Waals surface area (Å²) < 4.78 is 12.7. The summed E-state index contributed by atoms with van der Waals surface area (Å²) in [4.78, 5) is 4.73.